The summed E-state index contributed by atoms with van der Waals surface area (Å²) in [7, 11) is 1.56. The van der Waals surface area contributed by atoms with Crippen molar-refractivity contribution in [2.24, 2.45) is 0 Å². The highest BCUT2D eigenvalue weighted by Crippen LogP contribution is 2.29. The number of nitrogens with one attached hydrogen (secondary N) is 1. The first kappa shape index (κ1) is 26.4. The van der Waals surface area contributed by atoms with E-state index in [4.69, 9.17) is 14.2 Å². The molecule has 4 rings (SSSR count). The zero-order chi connectivity index (χ0) is 26.0. The van der Waals surface area contributed by atoms with Gasteiger partial charge in [0.2, 0.25) is 0 Å². The molecule has 1 N–H and O–H groups in total. The minimum absolute atomic E-state index is 0.0787. The van der Waals surface area contributed by atoms with Crippen LogP contribution < -0.4 is 14.8 Å². The van der Waals surface area contributed by atoms with E-state index in [9.17, 15) is 13.6 Å². The largest absolute Gasteiger partial charge is 0.493 e. The van der Waals surface area contributed by atoms with Crippen LogP contribution in [0, 0.1) is 11.6 Å². The predicted molar refractivity (Wildman–Crippen MR) is 137 cm³/mol. The van der Waals surface area contributed by atoms with Crippen LogP contribution in [0.4, 0.5) is 19.3 Å². The molecule has 7 nitrogen and oxygen atoms in total. The molecule has 3 aromatic rings. The van der Waals surface area contributed by atoms with Gasteiger partial charge in [0, 0.05) is 38.8 Å². The number of morpholine rings is 1. The fraction of sp³-hybridized carbons (Fsp3) is 0.321. The lowest BCUT2D eigenvalue weighted by Gasteiger charge is -2.30. The molecule has 37 heavy (non-hydrogen) atoms. The van der Waals surface area contributed by atoms with E-state index in [1.54, 1.807) is 12.0 Å². The molecule has 0 aromatic heterocycles. The Balaban J connectivity index is 1.47. The predicted octanol–water partition coefficient (Wildman–Crippen LogP) is 4.92. The van der Waals surface area contributed by atoms with E-state index in [0.717, 1.165) is 36.3 Å². The van der Waals surface area contributed by atoms with Crippen LogP contribution >= 0.6 is 0 Å². The number of nitrogens with zero attached hydrogens (tertiary/aromatic N) is 2. The lowest BCUT2D eigenvalue weighted by Crippen LogP contribution is -2.44. The highest BCUT2D eigenvalue weighted by Gasteiger charge is 2.19. The number of hydrogen-bond acceptors (Lipinski definition) is 5. The Labute approximate surface area is 215 Å². The molecule has 1 fully saturated rings. The number of carbonyl (C=O) groups is 1. The number of halogens is 2. The van der Waals surface area contributed by atoms with Gasteiger partial charge >= 0.3 is 6.03 Å². The third-order valence-corrected chi connectivity index (χ3v) is 6.09. The quantitative estimate of drug-likeness (QED) is 0.419. The maximum absolute atomic E-state index is 14.2. The van der Waals surface area contributed by atoms with E-state index in [-0.39, 0.29) is 12.2 Å². The van der Waals surface area contributed by atoms with Gasteiger partial charge in [-0.3, -0.25) is 4.90 Å². The number of anilines is 1. The van der Waals surface area contributed by atoms with Crippen LogP contribution in [-0.4, -0.2) is 62.3 Å². The van der Waals surface area contributed by atoms with Gasteiger partial charge in [-0.15, -0.1) is 0 Å². The lowest BCUT2D eigenvalue weighted by molar-refractivity contribution is 0.0349. The molecule has 196 valence electrons. The van der Waals surface area contributed by atoms with Crippen LogP contribution in [0.2, 0.25) is 0 Å². The molecule has 0 spiro atoms. The van der Waals surface area contributed by atoms with Gasteiger partial charge in [-0.05, 0) is 35.4 Å². The van der Waals surface area contributed by atoms with Crippen molar-refractivity contribution >= 4 is 11.7 Å². The van der Waals surface area contributed by atoms with Crippen LogP contribution in [0.1, 0.15) is 11.1 Å². The number of carbonyl (C=O) groups excluding carboxylic acids is 1. The molecular formula is C28H31F2N3O4. The minimum atomic E-state index is -0.830. The molecule has 0 saturated carbocycles. The van der Waals surface area contributed by atoms with E-state index in [2.05, 4.69) is 10.2 Å². The van der Waals surface area contributed by atoms with Crippen molar-refractivity contribution < 1.29 is 27.8 Å². The van der Waals surface area contributed by atoms with Gasteiger partial charge in [0.1, 0.15) is 18.2 Å². The maximum atomic E-state index is 14.2. The molecule has 0 aliphatic carbocycles. The van der Waals surface area contributed by atoms with Crippen molar-refractivity contribution in [3.63, 3.8) is 0 Å². The van der Waals surface area contributed by atoms with Gasteiger partial charge in [-0.1, -0.05) is 36.4 Å². The Hall–Kier alpha value is -3.69. The number of methoxy groups -OCH3 is 1. The molecule has 1 heterocycles. The fourth-order valence-corrected chi connectivity index (χ4v) is 4.01. The summed E-state index contributed by atoms with van der Waals surface area (Å²) in [6, 6.07) is 17.9. The third-order valence-electron chi connectivity index (χ3n) is 6.09. The van der Waals surface area contributed by atoms with Crippen molar-refractivity contribution in [3.05, 3.63) is 89.5 Å². The Morgan fingerprint density at radius 2 is 1.78 bits per heavy atom. The second-order valence-corrected chi connectivity index (χ2v) is 8.69. The Morgan fingerprint density at radius 3 is 2.51 bits per heavy atom. The van der Waals surface area contributed by atoms with Crippen molar-refractivity contribution in [1.29, 1.82) is 0 Å². The first-order chi connectivity index (χ1) is 18.0. The Kier molecular flexibility index (Phi) is 9.29. The van der Waals surface area contributed by atoms with Gasteiger partial charge in [0.25, 0.3) is 0 Å². The Morgan fingerprint density at radius 1 is 1.00 bits per heavy atom. The first-order valence-electron chi connectivity index (χ1n) is 12.2. The highest BCUT2D eigenvalue weighted by molar-refractivity contribution is 5.89. The van der Waals surface area contributed by atoms with Crippen LogP contribution in [0.15, 0.2) is 66.7 Å². The zero-order valence-corrected chi connectivity index (χ0v) is 20.8. The van der Waals surface area contributed by atoms with Crippen molar-refractivity contribution in [3.8, 4) is 11.5 Å². The molecule has 0 atom stereocenters. The second-order valence-electron chi connectivity index (χ2n) is 8.69. The molecule has 3 aromatic carbocycles. The molecule has 0 unspecified atom stereocenters. The monoisotopic (exact) mass is 511 g/mol. The standard InChI is InChI=1S/C28H31F2N3O4/c1-35-27-17-22(7-10-26(27)37-20-21-5-3-2-4-6-21)19-33(12-11-32-13-15-36-16-14-32)28(34)31-25-9-8-23(29)18-24(25)30/h2-10,17-18H,11-16,19-20H2,1H3,(H,31,34). The summed E-state index contributed by atoms with van der Waals surface area (Å²) in [5.41, 5.74) is 1.78. The zero-order valence-electron chi connectivity index (χ0n) is 20.8. The average molecular weight is 512 g/mol. The van der Waals surface area contributed by atoms with Crippen LogP contribution in [-0.2, 0) is 17.9 Å². The minimum Gasteiger partial charge on any atom is -0.493 e. The molecule has 1 aliphatic heterocycles. The summed E-state index contributed by atoms with van der Waals surface area (Å²) in [5, 5.41) is 2.57. The summed E-state index contributed by atoms with van der Waals surface area (Å²) in [6.07, 6.45) is 0. The molecule has 0 bridgehead atoms. The normalized spacial score (nSPS) is 13.7. The van der Waals surface area contributed by atoms with E-state index >= 15 is 0 Å². The summed E-state index contributed by atoms with van der Waals surface area (Å²) in [4.78, 5) is 17.0. The highest BCUT2D eigenvalue weighted by atomic mass is 19.1. The van der Waals surface area contributed by atoms with Gasteiger partial charge in [0.15, 0.2) is 11.5 Å². The van der Waals surface area contributed by atoms with Crippen molar-refractivity contribution in [2.45, 2.75) is 13.2 Å². The Bertz CT molecular complexity index is 1170. The molecular weight excluding hydrogens is 480 g/mol. The summed E-state index contributed by atoms with van der Waals surface area (Å²) < 4.78 is 44.4. The second kappa shape index (κ2) is 13.0. The number of benzene rings is 3. The van der Waals surface area contributed by atoms with Crippen LogP contribution in [0.25, 0.3) is 0 Å². The summed E-state index contributed by atoms with van der Waals surface area (Å²) in [6.45, 7) is 4.55. The number of urea groups is 1. The van der Waals surface area contributed by atoms with E-state index < -0.39 is 17.7 Å². The third kappa shape index (κ3) is 7.65. The molecule has 1 saturated heterocycles. The van der Waals surface area contributed by atoms with E-state index in [1.165, 1.54) is 6.07 Å². The molecule has 2 amide bonds. The molecule has 9 heteroatoms. The van der Waals surface area contributed by atoms with Gasteiger partial charge in [-0.2, -0.15) is 0 Å². The number of amides is 2. The van der Waals surface area contributed by atoms with Crippen molar-refractivity contribution in [1.82, 2.24) is 9.80 Å². The topological polar surface area (TPSA) is 63.3 Å². The number of rotatable bonds is 10. The lowest BCUT2D eigenvalue weighted by atomic mass is 10.2. The molecule has 0 radical (unpaired) electrons. The number of hydrogen-bond donors (Lipinski definition) is 1. The fourth-order valence-electron chi connectivity index (χ4n) is 4.01. The average Bonchev–Trinajstić information content (AvgIpc) is 2.92. The van der Waals surface area contributed by atoms with E-state index in [1.807, 2.05) is 48.5 Å². The first-order valence-corrected chi connectivity index (χ1v) is 12.2. The maximum Gasteiger partial charge on any atom is 0.322 e. The molecule has 1 aliphatic rings. The summed E-state index contributed by atoms with van der Waals surface area (Å²) >= 11 is 0. The van der Waals surface area contributed by atoms with Gasteiger partial charge in [0.05, 0.1) is 26.0 Å². The van der Waals surface area contributed by atoms with Crippen LogP contribution in [0.3, 0.4) is 0 Å². The van der Waals surface area contributed by atoms with Crippen molar-refractivity contribution in [2.75, 3.05) is 51.8 Å². The number of ether oxygens (including phenoxy) is 3. The van der Waals surface area contributed by atoms with Crippen LogP contribution in [0.5, 0.6) is 11.5 Å². The van der Waals surface area contributed by atoms with Gasteiger partial charge < -0.3 is 24.4 Å². The SMILES string of the molecule is COc1cc(CN(CCN2CCOCC2)C(=O)Nc2ccc(F)cc2F)ccc1OCc1ccccc1. The smallest absolute Gasteiger partial charge is 0.322 e. The summed E-state index contributed by atoms with van der Waals surface area (Å²) in [5.74, 6) is -0.399. The van der Waals surface area contributed by atoms with Gasteiger partial charge in [-0.25, -0.2) is 13.6 Å². The van der Waals surface area contributed by atoms with E-state index in [0.29, 0.717) is 44.4 Å².